The lowest BCUT2D eigenvalue weighted by atomic mass is 10.1. The van der Waals surface area contributed by atoms with E-state index in [1.807, 2.05) is 6.92 Å². The Morgan fingerprint density at radius 2 is 2.26 bits per heavy atom. The molecule has 0 saturated carbocycles. The predicted molar refractivity (Wildman–Crippen MR) is 73.8 cm³/mol. The van der Waals surface area contributed by atoms with Crippen LogP contribution in [0.4, 0.5) is 5.69 Å². The van der Waals surface area contributed by atoms with Gasteiger partial charge in [-0.1, -0.05) is 0 Å². The SMILES string of the molecule is CCN(CC(C)C#N)C(=O)c1ccc(OC)cc1N. The lowest BCUT2D eigenvalue weighted by Crippen LogP contribution is -2.34. The molecule has 0 saturated heterocycles. The van der Waals surface area contributed by atoms with Crippen LogP contribution in [0.15, 0.2) is 18.2 Å². The van der Waals surface area contributed by atoms with Gasteiger partial charge in [0.2, 0.25) is 0 Å². The Morgan fingerprint density at radius 3 is 2.74 bits per heavy atom. The number of benzene rings is 1. The largest absolute Gasteiger partial charge is 0.497 e. The van der Waals surface area contributed by atoms with E-state index in [2.05, 4.69) is 6.07 Å². The topological polar surface area (TPSA) is 79.3 Å². The summed E-state index contributed by atoms with van der Waals surface area (Å²) in [6, 6.07) is 7.09. The third kappa shape index (κ3) is 3.62. The zero-order valence-electron chi connectivity index (χ0n) is 11.5. The van der Waals surface area contributed by atoms with E-state index in [1.54, 1.807) is 37.1 Å². The Hall–Kier alpha value is -2.22. The highest BCUT2D eigenvalue weighted by atomic mass is 16.5. The number of rotatable bonds is 5. The number of ether oxygens (including phenoxy) is 1. The summed E-state index contributed by atoms with van der Waals surface area (Å²) in [5, 5.41) is 8.83. The summed E-state index contributed by atoms with van der Waals surface area (Å²) in [6.07, 6.45) is 0. The molecule has 0 aliphatic carbocycles. The van der Waals surface area contributed by atoms with E-state index in [1.165, 1.54) is 0 Å². The van der Waals surface area contributed by atoms with Crippen molar-refractivity contribution in [2.75, 3.05) is 25.9 Å². The summed E-state index contributed by atoms with van der Waals surface area (Å²) in [5.74, 6) is 0.246. The molecule has 0 aromatic heterocycles. The van der Waals surface area contributed by atoms with E-state index in [9.17, 15) is 4.79 Å². The van der Waals surface area contributed by atoms with Crippen molar-refractivity contribution in [2.24, 2.45) is 5.92 Å². The Bertz CT molecular complexity index is 494. The molecule has 1 amide bonds. The number of nitrogen functional groups attached to an aromatic ring is 1. The average molecular weight is 261 g/mol. The molecule has 0 aliphatic rings. The first-order chi connectivity index (χ1) is 9.03. The van der Waals surface area contributed by atoms with Crippen molar-refractivity contribution >= 4 is 11.6 Å². The Kier molecular flexibility index (Phi) is 5.19. The highest BCUT2D eigenvalue weighted by Gasteiger charge is 2.19. The first-order valence-electron chi connectivity index (χ1n) is 6.15. The predicted octanol–water partition coefficient (Wildman–Crippen LogP) is 1.90. The van der Waals surface area contributed by atoms with Gasteiger partial charge < -0.3 is 15.4 Å². The van der Waals surface area contributed by atoms with Crippen LogP contribution in [0, 0.1) is 17.2 Å². The molecular weight excluding hydrogens is 242 g/mol. The normalized spacial score (nSPS) is 11.5. The van der Waals surface area contributed by atoms with Crippen molar-refractivity contribution in [2.45, 2.75) is 13.8 Å². The molecule has 1 aromatic carbocycles. The summed E-state index contributed by atoms with van der Waals surface area (Å²) in [5.41, 5.74) is 6.68. The molecule has 0 heterocycles. The van der Waals surface area contributed by atoms with Gasteiger partial charge in [-0.3, -0.25) is 4.79 Å². The van der Waals surface area contributed by atoms with E-state index in [0.29, 0.717) is 30.1 Å². The summed E-state index contributed by atoms with van der Waals surface area (Å²) < 4.78 is 5.05. The summed E-state index contributed by atoms with van der Waals surface area (Å²) in [6.45, 7) is 4.60. The second kappa shape index (κ2) is 6.64. The zero-order valence-corrected chi connectivity index (χ0v) is 11.5. The zero-order chi connectivity index (χ0) is 14.4. The minimum atomic E-state index is -0.205. The van der Waals surface area contributed by atoms with Crippen LogP contribution in [0.5, 0.6) is 5.75 Å². The highest BCUT2D eigenvalue weighted by Crippen LogP contribution is 2.21. The fraction of sp³-hybridized carbons (Fsp3) is 0.429. The molecule has 0 bridgehead atoms. The molecule has 19 heavy (non-hydrogen) atoms. The highest BCUT2D eigenvalue weighted by molar-refractivity contribution is 5.99. The van der Waals surface area contributed by atoms with Crippen molar-refractivity contribution in [3.63, 3.8) is 0 Å². The number of methoxy groups -OCH3 is 1. The minimum Gasteiger partial charge on any atom is -0.497 e. The number of nitrogens with zero attached hydrogens (tertiary/aromatic N) is 2. The van der Waals surface area contributed by atoms with Gasteiger partial charge in [0, 0.05) is 24.8 Å². The van der Waals surface area contributed by atoms with Crippen LogP contribution in [0.3, 0.4) is 0 Å². The number of anilines is 1. The third-order valence-corrected chi connectivity index (χ3v) is 2.87. The smallest absolute Gasteiger partial charge is 0.255 e. The van der Waals surface area contributed by atoms with Gasteiger partial charge >= 0.3 is 0 Å². The number of carbonyl (C=O) groups excluding carboxylic acids is 1. The average Bonchev–Trinajstić information content (AvgIpc) is 2.43. The first kappa shape index (κ1) is 14.8. The molecule has 1 aromatic rings. The Balaban J connectivity index is 2.95. The number of nitriles is 1. The maximum absolute atomic E-state index is 12.3. The number of hydrogen-bond acceptors (Lipinski definition) is 4. The molecule has 0 radical (unpaired) electrons. The molecule has 0 fully saturated rings. The molecule has 0 spiro atoms. The van der Waals surface area contributed by atoms with Crippen LogP contribution in [-0.4, -0.2) is 31.0 Å². The van der Waals surface area contributed by atoms with Crippen LogP contribution in [-0.2, 0) is 0 Å². The molecular formula is C14H19N3O2. The number of nitrogens with two attached hydrogens (primary N) is 1. The Labute approximate surface area is 113 Å². The van der Waals surface area contributed by atoms with Crippen molar-refractivity contribution in [3.8, 4) is 11.8 Å². The summed E-state index contributed by atoms with van der Waals surface area (Å²) in [7, 11) is 1.54. The lowest BCUT2D eigenvalue weighted by molar-refractivity contribution is 0.0754. The van der Waals surface area contributed by atoms with Gasteiger partial charge in [-0.15, -0.1) is 0 Å². The number of carbonyl (C=O) groups is 1. The van der Waals surface area contributed by atoms with E-state index >= 15 is 0 Å². The molecule has 1 rings (SSSR count). The second-order valence-electron chi connectivity index (χ2n) is 4.33. The number of hydrogen-bond donors (Lipinski definition) is 1. The lowest BCUT2D eigenvalue weighted by Gasteiger charge is -2.22. The molecule has 2 N–H and O–H groups in total. The van der Waals surface area contributed by atoms with E-state index < -0.39 is 0 Å². The van der Waals surface area contributed by atoms with Crippen molar-refractivity contribution in [1.82, 2.24) is 4.90 Å². The molecule has 102 valence electrons. The van der Waals surface area contributed by atoms with Crippen LogP contribution >= 0.6 is 0 Å². The fourth-order valence-corrected chi connectivity index (χ4v) is 1.76. The van der Waals surface area contributed by atoms with Crippen molar-refractivity contribution in [1.29, 1.82) is 5.26 Å². The van der Waals surface area contributed by atoms with Crippen molar-refractivity contribution < 1.29 is 9.53 Å². The van der Waals surface area contributed by atoms with Gasteiger partial charge in [-0.2, -0.15) is 5.26 Å². The van der Waals surface area contributed by atoms with Crippen LogP contribution in [0.25, 0.3) is 0 Å². The monoisotopic (exact) mass is 261 g/mol. The van der Waals surface area contributed by atoms with Crippen LogP contribution in [0.2, 0.25) is 0 Å². The molecule has 5 nitrogen and oxygen atoms in total. The minimum absolute atomic E-state index is 0.162. The van der Waals surface area contributed by atoms with Gasteiger partial charge in [0.25, 0.3) is 5.91 Å². The van der Waals surface area contributed by atoms with Gasteiger partial charge in [-0.25, -0.2) is 0 Å². The summed E-state index contributed by atoms with van der Waals surface area (Å²) in [4.78, 5) is 14.0. The third-order valence-electron chi connectivity index (χ3n) is 2.87. The van der Waals surface area contributed by atoms with Crippen molar-refractivity contribution in [3.05, 3.63) is 23.8 Å². The number of amides is 1. The quantitative estimate of drug-likeness (QED) is 0.821. The van der Waals surface area contributed by atoms with Crippen LogP contribution in [0.1, 0.15) is 24.2 Å². The van der Waals surface area contributed by atoms with Crippen LogP contribution < -0.4 is 10.5 Å². The van der Waals surface area contributed by atoms with Gasteiger partial charge in [0.05, 0.1) is 24.7 Å². The molecule has 0 aliphatic heterocycles. The van der Waals surface area contributed by atoms with E-state index in [-0.39, 0.29) is 11.8 Å². The van der Waals surface area contributed by atoms with Gasteiger partial charge in [-0.05, 0) is 26.0 Å². The maximum Gasteiger partial charge on any atom is 0.255 e. The molecule has 1 unspecified atom stereocenters. The summed E-state index contributed by atoms with van der Waals surface area (Å²) >= 11 is 0. The van der Waals surface area contributed by atoms with E-state index in [0.717, 1.165) is 0 Å². The van der Waals surface area contributed by atoms with Gasteiger partial charge in [0.15, 0.2) is 0 Å². The standard InChI is InChI=1S/C14H19N3O2/c1-4-17(9-10(2)8-15)14(18)12-6-5-11(19-3)7-13(12)16/h5-7,10H,4,9,16H2,1-3H3. The Morgan fingerprint density at radius 1 is 1.58 bits per heavy atom. The molecule has 1 atom stereocenters. The van der Waals surface area contributed by atoms with E-state index in [4.69, 9.17) is 15.7 Å². The van der Waals surface area contributed by atoms with Gasteiger partial charge in [0.1, 0.15) is 5.75 Å². The molecule has 5 heteroatoms. The fourth-order valence-electron chi connectivity index (χ4n) is 1.76. The first-order valence-corrected chi connectivity index (χ1v) is 6.15. The second-order valence-corrected chi connectivity index (χ2v) is 4.33. The maximum atomic E-state index is 12.3.